The molecule has 0 aliphatic heterocycles. The highest BCUT2D eigenvalue weighted by Gasteiger charge is 1.94. The zero-order valence-electron chi connectivity index (χ0n) is 9.61. The highest BCUT2D eigenvalue weighted by atomic mass is 16.2. The van der Waals surface area contributed by atoms with Crippen LogP contribution in [0.4, 0.5) is 0 Å². The molecule has 0 saturated heterocycles. The van der Waals surface area contributed by atoms with Crippen molar-refractivity contribution in [2.24, 2.45) is 0 Å². The van der Waals surface area contributed by atoms with Gasteiger partial charge in [-0.15, -0.1) is 0 Å². The number of aromatic nitrogens is 1. The first kappa shape index (κ1) is 12.5. The summed E-state index contributed by atoms with van der Waals surface area (Å²) in [7, 11) is 0. The summed E-state index contributed by atoms with van der Waals surface area (Å²) in [6.45, 7) is 2.19. The fraction of sp³-hybridized carbons (Fsp3) is 0.357. The monoisotopic (exact) mass is 215 g/mol. The van der Waals surface area contributed by atoms with E-state index in [1.807, 2.05) is 18.2 Å². The van der Waals surface area contributed by atoms with Crippen molar-refractivity contribution in [3.8, 4) is 11.8 Å². The van der Waals surface area contributed by atoms with Crippen molar-refractivity contribution >= 4 is 6.08 Å². The van der Waals surface area contributed by atoms with Gasteiger partial charge >= 0.3 is 0 Å². The summed E-state index contributed by atoms with van der Waals surface area (Å²) in [5, 5.41) is 8.72. The molecule has 1 aromatic rings. The van der Waals surface area contributed by atoms with Crippen molar-refractivity contribution in [3.63, 3.8) is 0 Å². The van der Waals surface area contributed by atoms with E-state index in [-0.39, 0.29) is 6.61 Å². The van der Waals surface area contributed by atoms with Crippen LogP contribution in [0.15, 0.2) is 24.4 Å². The Hall–Kier alpha value is -1.59. The molecule has 0 aliphatic carbocycles. The van der Waals surface area contributed by atoms with Crippen LogP contribution < -0.4 is 0 Å². The Labute approximate surface area is 97.0 Å². The van der Waals surface area contributed by atoms with Gasteiger partial charge in [0, 0.05) is 18.2 Å². The van der Waals surface area contributed by atoms with E-state index in [2.05, 4.69) is 23.7 Å². The number of nitrogens with zero attached hydrogens (tertiary/aromatic N) is 1. The number of rotatable bonds is 4. The van der Waals surface area contributed by atoms with Gasteiger partial charge in [0.05, 0.1) is 6.61 Å². The molecule has 16 heavy (non-hydrogen) atoms. The lowest BCUT2D eigenvalue weighted by Crippen LogP contribution is -1.87. The quantitative estimate of drug-likeness (QED) is 0.618. The molecule has 0 aromatic carbocycles. The van der Waals surface area contributed by atoms with Crippen LogP contribution in [0, 0.1) is 11.8 Å². The van der Waals surface area contributed by atoms with Gasteiger partial charge in [-0.3, -0.25) is 0 Å². The third-order valence-electron chi connectivity index (χ3n) is 2.10. The molecule has 0 saturated carbocycles. The Morgan fingerprint density at radius 3 is 3.12 bits per heavy atom. The summed E-state index contributed by atoms with van der Waals surface area (Å²) in [5.41, 5.74) is 1.74. The molecule has 0 amide bonds. The van der Waals surface area contributed by atoms with E-state index in [1.165, 1.54) is 0 Å². The Morgan fingerprint density at radius 1 is 1.50 bits per heavy atom. The van der Waals surface area contributed by atoms with E-state index in [0.717, 1.165) is 30.5 Å². The minimum Gasteiger partial charge on any atom is -0.392 e. The first-order valence-corrected chi connectivity index (χ1v) is 5.59. The Morgan fingerprint density at radius 2 is 2.38 bits per heavy atom. The Kier molecular flexibility index (Phi) is 5.98. The highest BCUT2D eigenvalue weighted by Crippen LogP contribution is 2.06. The highest BCUT2D eigenvalue weighted by molar-refractivity contribution is 5.56. The van der Waals surface area contributed by atoms with Gasteiger partial charge in [-0.25, -0.2) is 4.98 Å². The van der Waals surface area contributed by atoms with Crippen LogP contribution in [0.5, 0.6) is 0 Å². The smallest absolute Gasteiger partial charge is 0.120 e. The summed E-state index contributed by atoms with van der Waals surface area (Å²) in [6, 6.07) is 3.82. The summed E-state index contributed by atoms with van der Waals surface area (Å²) in [4.78, 5) is 4.22. The zero-order valence-corrected chi connectivity index (χ0v) is 9.61. The third-order valence-corrected chi connectivity index (χ3v) is 2.10. The van der Waals surface area contributed by atoms with Crippen LogP contribution in [0.1, 0.15) is 37.4 Å². The van der Waals surface area contributed by atoms with Crippen LogP contribution in [0.2, 0.25) is 0 Å². The summed E-state index contributed by atoms with van der Waals surface area (Å²) in [5.74, 6) is 6.17. The number of aliphatic hydroxyl groups excluding tert-OH is 1. The molecule has 0 bridgehead atoms. The lowest BCUT2D eigenvalue weighted by molar-refractivity contribution is 0.343. The molecule has 0 aliphatic rings. The van der Waals surface area contributed by atoms with Gasteiger partial charge < -0.3 is 5.11 Å². The van der Waals surface area contributed by atoms with Crippen molar-refractivity contribution in [1.29, 1.82) is 0 Å². The number of pyridine rings is 1. The largest absolute Gasteiger partial charge is 0.392 e. The van der Waals surface area contributed by atoms with Gasteiger partial charge in [0.2, 0.25) is 0 Å². The molecule has 0 radical (unpaired) electrons. The molecule has 0 unspecified atom stereocenters. The number of hydrogen-bond acceptors (Lipinski definition) is 2. The third kappa shape index (κ3) is 4.29. The normalized spacial score (nSPS) is 10.1. The van der Waals surface area contributed by atoms with Crippen LogP contribution in [-0.2, 0) is 0 Å². The zero-order chi connectivity index (χ0) is 11.6. The van der Waals surface area contributed by atoms with Gasteiger partial charge in [0.25, 0.3) is 0 Å². The average molecular weight is 215 g/mol. The number of hydrogen-bond donors (Lipinski definition) is 1. The molecule has 0 spiro atoms. The van der Waals surface area contributed by atoms with E-state index in [1.54, 1.807) is 12.3 Å². The van der Waals surface area contributed by atoms with Crippen molar-refractivity contribution < 1.29 is 5.11 Å². The van der Waals surface area contributed by atoms with E-state index >= 15 is 0 Å². The summed E-state index contributed by atoms with van der Waals surface area (Å²) >= 11 is 0. The predicted molar refractivity (Wildman–Crippen MR) is 66.8 cm³/mol. The Balaban J connectivity index is 2.77. The average Bonchev–Trinajstić information content (AvgIpc) is 2.33. The molecule has 1 aromatic heterocycles. The minimum atomic E-state index is 0.0393. The van der Waals surface area contributed by atoms with E-state index in [4.69, 9.17) is 5.11 Å². The SMILES string of the molecule is CCCCC#Cc1ncccc1/C=C/CO. The molecule has 1 N–H and O–H groups in total. The van der Waals surface area contributed by atoms with E-state index < -0.39 is 0 Å². The lowest BCUT2D eigenvalue weighted by atomic mass is 10.1. The van der Waals surface area contributed by atoms with Crippen molar-refractivity contribution in [2.75, 3.05) is 6.61 Å². The second-order valence-corrected chi connectivity index (χ2v) is 3.43. The molecular weight excluding hydrogens is 198 g/mol. The maximum atomic E-state index is 8.72. The summed E-state index contributed by atoms with van der Waals surface area (Å²) in [6.07, 6.45) is 8.47. The number of aliphatic hydroxyl groups is 1. The standard InChI is InChI=1S/C14H17NO/c1-2-3-4-5-10-14-13(9-7-12-16)8-6-11-15-14/h6-9,11,16H,2-4,12H2,1H3/b9-7+. The van der Waals surface area contributed by atoms with Crippen molar-refractivity contribution in [3.05, 3.63) is 35.7 Å². The molecule has 1 rings (SSSR count). The van der Waals surface area contributed by atoms with E-state index in [0.29, 0.717) is 0 Å². The van der Waals surface area contributed by atoms with Gasteiger partial charge in [0.1, 0.15) is 5.69 Å². The van der Waals surface area contributed by atoms with Gasteiger partial charge in [-0.1, -0.05) is 37.5 Å². The predicted octanol–water partition coefficient (Wildman–Crippen LogP) is 2.63. The maximum Gasteiger partial charge on any atom is 0.120 e. The first-order chi connectivity index (χ1) is 7.88. The molecule has 2 heteroatoms. The second kappa shape index (κ2) is 7.67. The maximum absolute atomic E-state index is 8.72. The fourth-order valence-electron chi connectivity index (χ4n) is 1.25. The molecule has 0 atom stereocenters. The van der Waals surface area contributed by atoms with Gasteiger partial charge in [0.15, 0.2) is 0 Å². The molecule has 84 valence electrons. The van der Waals surface area contributed by atoms with Crippen LogP contribution >= 0.6 is 0 Å². The molecule has 2 nitrogen and oxygen atoms in total. The number of unbranched alkanes of at least 4 members (excludes halogenated alkanes) is 2. The molecular formula is C14H17NO. The topological polar surface area (TPSA) is 33.1 Å². The Bertz CT molecular complexity index is 399. The van der Waals surface area contributed by atoms with Crippen molar-refractivity contribution in [2.45, 2.75) is 26.2 Å². The van der Waals surface area contributed by atoms with E-state index in [9.17, 15) is 0 Å². The van der Waals surface area contributed by atoms with Crippen LogP contribution in [0.3, 0.4) is 0 Å². The second-order valence-electron chi connectivity index (χ2n) is 3.43. The van der Waals surface area contributed by atoms with Crippen LogP contribution in [0.25, 0.3) is 6.08 Å². The van der Waals surface area contributed by atoms with Gasteiger partial charge in [-0.2, -0.15) is 0 Å². The lowest BCUT2D eigenvalue weighted by Gasteiger charge is -1.96. The molecule has 1 heterocycles. The van der Waals surface area contributed by atoms with Gasteiger partial charge in [-0.05, 0) is 18.4 Å². The molecule has 0 fully saturated rings. The first-order valence-electron chi connectivity index (χ1n) is 5.59. The summed E-state index contributed by atoms with van der Waals surface area (Å²) < 4.78 is 0. The minimum absolute atomic E-state index is 0.0393. The fourth-order valence-corrected chi connectivity index (χ4v) is 1.25. The van der Waals surface area contributed by atoms with Crippen molar-refractivity contribution in [1.82, 2.24) is 4.98 Å². The van der Waals surface area contributed by atoms with Crippen LogP contribution in [-0.4, -0.2) is 16.7 Å².